The van der Waals surface area contributed by atoms with Gasteiger partial charge in [-0.15, -0.1) is 11.3 Å². The number of pyridine rings is 1. The highest BCUT2D eigenvalue weighted by Crippen LogP contribution is 2.48. The van der Waals surface area contributed by atoms with Crippen molar-refractivity contribution in [3.05, 3.63) is 119 Å². The van der Waals surface area contributed by atoms with Crippen molar-refractivity contribution in [3.8, 4) is 23.4 Å². The molecule has 0 aliphatic carbocycles. The molecule has 2 unspecified atom stereocenters. The van der Waals surface area contributed by atoms with Crippen molar-refractivity contribution in [1.82, 2.24) is 19.6 Å². The quantitative estimate of drug-likeness (QED) is 0.0419. The van der Waals surface area contributed by atoms with Crippen LogP contribution in [0.1, 0.15) is 74.9 Å². The van der Waals surface area contributed by atoms with E-state index < -0.39 is 13.9 Å². The van der Waals surface area contributed by atoms with E-state index in [0.29, 0.717) is 25.3 Å². The van der Waals surface area contributed by atoms with Crippen molar-refractivity contribution in [3.63, 3.8) is 0 Å². The third-order valence-corrected chi connectivity index (χ3v) is 13.8. The second-order valence-corrected chi connectivity index (χ2v) is 17.6. The van der Waals surface area contributed by atoms with Crippen LogP contribution in [-0.4, -0.2) is 71.4 Å². The molecule has 6 aromatic rings. The van der Waals surface area contributed by atoms with Gasteiger partial charge in [-0.1, -0.05) is 54.6 Å². The second-order valence-electron chi connectivity index (χ2n) is 14.8. The normalized spacial score (nSPS) is 13.0. The van der Waals surface area contributed by atoms with Crippen LogP contribution >= 0.6 is 19.6 Å². The van der Waals surface area contributed by atoms with Crippen molar-refractivity contribution in [2.24, 2.45) is 0 Å². The Morgan fingerprint density at radius 2 is 1.47 bits per heavy atom. The van der Waals surface area contributed by atoms with E-state index in [4.69, 9.17) is 28.5 Å². The molecule has 3 heterocycles. The summed E-state index contributed by atoms with van der Waals surface area (Å²) in [5, 5.41) is 10.5. The maximum absolute atomic E-state index is 9.49. The summed E-state index contributed by atoms with van der Waals surface area (Å²) in [5.74, 6) is 2.03. The number of fused-ring (bicyclic) bond motifs is 3. The van der Waals surface area contributed by atoms with E-state index in [9.17, 15) is 5.26 Å². The van der Waals surface area contributed by atoms with Crippen LogP contribution in [-0.2, 0) is 14.9 Å². The lowest BCUT2D eigenvalue weighted by Crippen LogP contribution is -2.38. The minimum Gasteiger partial charge on any atom is -0.497 e. The molecular formula is C46H54N5O5PS. The van der Waals surface area contributed by atoms with Gasteiger partial charge in [-0.2, -0.15) is 5.26 Å². The molecule has 6 rings (SSSR count). The van der Waals surface area contributed by atoms with Gasteiger partial charge in [0.2, 0.25) is 5.88 Å². The maximum atomic E-state index is 9.49. The number of rotatable bonds is 20. The van der Waals surface area contributed by atoms with Crippen LogP contribution in [0.2, 0.25) is 0 Å². The number of hydrogen-bond donors (Lipinski definition) is 0. The number of thiophene rings is 1. The first kappa shape index (κ1) is 42.9. The fourth-order valence-corrected chi connectivity index (χ4v) is 11.1. The van der Waals surface area contributed by atoms with Crippen LogP contribution in [0.15, 0.2) is 91.3 Å². The molecule has 0 spiro atoms. The first-order valence-corrected chi connectivity index (χ1v) is 22.0. The molecule has 3 aromatic carbocycles. The summed E-state index contributed by atoms with van der Waals surface area (Å²) < 4.78 is 35.7. The zero-order valence-electron chi connectivity index (χ0n) is 34.8. The van der Waals surface area contributed by atoms with Gasteiger partial charge in [0, 0.05) is 42.2 Å². The Morgan fingerprint density at radius 3 is 2.05 bits per heavy atom. The number of unbranched alkanes of at least 4 members (excludes halogenated alkanes) is 1. The van der Waals surface area contributed by atoms with Gasteiger partial charge in [0.15, 0.2) is 0 Å². The molecule has 0 N–H and O–H groups in total. The molecule has 0 amide bonds. The van der Waals surface area contributed by atoms with Crippen LogP contribution in [0.3, 0.4) is 0 Å². The van der Waals surface area contributed by atoms with E-state index in [1.807, 2.05) is 49.4 Å². The lowest BCUT2D eigenvalue weighted by atomic mass is 9.80. The van der Waals surface area contributed by atoms with Gasteiger partial charge in [0.05, 0.1) is 45.1 Å². The fourth-order valence-electron chi connectivity index (χ4n) is 7.54. The fraction of sp³-hybridized carbons (Fsp3) is 0.391. The van der Waals surface area contributed by atoms with Gasteiger partial charge < -0.3 is 23.5 Å². The monoisotopic (exact) mass is 819 g/mol. The molecule has 0 radical (unpaired) electrons. The van der Waals surface area contributed by atoms with Crippen molar-refractivity contribution < 1.29 is 23.5 Å². The zero-order valence-corrected chi connectivity index (χ0v) is 36.5. The van der Waals surface area contributed by atoms with Crippen LogP contribution in [0, 0.1) is 25.2 Å². The number of hydrogen-bond acceptors (Lipinski definition) is 11. The number of benzene rings is 3. The Bertz CT molecular complexity index is 2220. The molecule has 0 aliphatic heterocycles. The van der Waals surface area contributed by atoms with Crippen LogP contribution in [0.25, 0.3) is 20.4 Å². The third-order valence-electron chi connectivity index (χ3n) is 10.1. The predicted octanol–water partition coefficient (Wildman–Crippen LogP) is 10.8. The molecule has 0 saturated carbocycles. The molecule has 58 heavy (non-hydrogen) atoms. The number of aryl methyl sites for hydroxylation is 2. The summed E-state index contributed by atoms with van der Waals surface area (Å²) in [6.45, 7) is 13.5. The standard InChI is InChI=1S/C46H54N5O5PS/c1-31(2)51(32(3)4)57(27-13-12-25-47)56-40(24-26-54-44-43-42(48-30-49-44)41-33(5)28-34(6)50-45(41)58-43)29-55-46(35-14-10-9-11-15-35,36-16-20-38(52-7)21-17-36)37-18-22-39(53-8)23-19-37/h9-11,14-23,28,30-32,40H,12-13,24,26-27,29H2,1-8H3. The average Bonchev–Trinajstić information content (AvgIpc) is 3.61. The summed E-state index contributed by atoms with van der Waals surface area (Å²) in [7, 11) is 2.22. The van der Waals surface area contributed by atoms with E-state index in [2.05, 4.69) is 97.8 Å². The maximum Gasteiger partial charge on any atom is 0.234 e. The lowest BCUT2D eigenvalue weighted by molar-refractivity contribution is -0.0345. The molecule has 0 saturated heterocycles. The SMILES string of the molecule is COc1ccc(C(OCC(CCOc2ncnc3c2sc2nc(C)cc(C)c23)OP(CCCC#N)N(C(C)C)C(C)C)(c2ccccc2)c2ccc(OC)cc2)cc1. The van der Waals surface area contributed by atoms with Gasteiger partial charge in [-0.25, -0.2) is 15.0 Å². The lowest BCUT2D eigenvalue weighted by Gasteiger charge is -2.40. The Morgan fingerprint density at radius 1 is 0.845 bits per heavy atom. The number of aromatic nitrogens is 3. The van der Waals surface area contributed by atoms with Gasteiger partial charge in [0.25, 0.3) is 0 Å². The summed E-state index contributed by atoms with van der Waals surface area (Å²) in [6.07, 6.45) is 3.66. The topological polar surface area (TPSA) is 112 Å². The van der Waals surface area contributed by atoms with Crippen molar-refractivity contribution in [1.29, 1.82) is 5.26 Å². The highest BCUT2D eigenvalue weighted by molar-refractivity contribution is 7.50. The largest absolute Gasteiger partial charge is 0.497 e. The van der Waals surface area contributed by atoms with Crippen LogP contribution in [0.5, 0.6) is 17.4 Å². The molecule has 10 nitrogen and oxygen atoms in total. The van der Waals surface area contributed by atoms with Gasteiger partial charge in [-0.05, 0) is 101 Å². The minimum atomic E-state index is -1.12. The molecule has 0 bridgehead atoms. The molecule has 0 fully saturated rings. The van der Waals surface area contributed by atoms with E-state index in [1.54, 1.807) is 31.9 Å². The molecule has 304 valence electrons. The number of methoxy groups -OCH3 is 2. The highest BCUT2D eigenvalue weighted by atomic mass is 32.1. The first-order chi connectivity index (χ1) is 28.1. The zero-order chi connectivity index (χ0) is 41.2. The van der Waals surface area contributed by atoms with Gasteiger partial charge >= 0.3 is 0 Å². The highest BCUT2D eigenvalue weighted by Gasteiger charge is 2.39. The smallest absolute Gasteiger partial charge is 0.234 e. The summed E-state index contributed by atoms with van der Waals surface area (Å²) in [6, 6.07) is 31.3. The molecule has 2 atom stereocenters. The average molecular weight is 820 g/mol. The first-order valence-electron chi connectivity index (χ1n) is 19.8. The van der Waals surface area contributed by atoms with E-state index >= 15 is 0 Å². The van der Waals surface area contributed by atoms with E-state index in [0.717, 1.165) is 72.5 Å². The summed E-state index contributed by atoms with van der Waals surface area (Å²) in [5.41, 5.74) is 4.76. The Balaban J connectivity index is 1.39. The second kappa shape index (κ2) is 19.8. The van der Waals surface area contributed by atoms with Crippen LogP contribution < -0.4 is 14.2 Å². The third kappa shape index (κ3) is 9.60. The summed E-state index contributed by atoms with van der Waals surface area (Å²) in [4.78, 5) is 15.0. The summed E-state index contributed by atoms with van der Waals surface area (Å²) >= 11 is 1.55. The van der Waals surface area contributed by atoms with Gasteiger partial charge in [-0.3, -0.25) is 4.67 Å². The van der Waals surface area contributed by atoms with Crippen molar-refractivity contribution in [2.45, 2.75) is 84.6 Å². The van der Waals surface area contributed by atoms with E-state index in [1.165, 1.54) is 0 Å². The number of nitriles is 1. The predicted molar refractivity (Wildman–Crippen MR) is 234 cm³/mol. The minimum absolute atomic E-state index is 0.232. The van der Waals surface area contributed by atoms with Crippen LogP contribution in [0.4, 0.5) is 0 Å². The molecule has 0 aliphatic rings. The van der Waals surface area contributed by atoms with Crippen molar-refractivity contribution in [2.75, 3.05) is 33.6 Å². The Hall–Kier alpha value is -4.69. The van der Waals surface area contributed by atoms with E-state index in [-0.39, 0.29) is 24.8 Å². The number of ether oxygens (including phenoxy) is 4. The molecule has 12 heteroatoms. The Labute approximate surface area is 348 Å². The Kier molecular flexibility index (Phi) is 14.7. The van der Waals surface area contributed by atoms with Crippen molar-refractivity contribution >= 4 is 40.1 Å². The molecular weight excluding hydrogens is 766 g/mol. The van der Waals surface area contributed by atoms with Gasteiger partial charge in [0.1, 0.15) is 41.3 Å². The molecule has 3 aromatic heterocycles. The number of nitrogens with zero attached hydrogens (tertiary/aromatic N) is 5.